The first-order chi connectivity index (χ1) is 8.83. The van der Waals surface area contributed by atoms with Gasteiger partial charge in [0.25, 0.3) is 0 Å². The molecule has 1 atom stereocenters. The largest absolute Gasteiger partial charge is 0.489 e. The Morgan fingerprint density at radius 1 is 1.42 bits per heavy atom. The minimum atomic E-state index is -3.60. The van der Waals surface area contributed by atoms with Gasteiger partial charge in [0.1, 0.15) is 0 Å². The van der Waals surface area contributed by atoms with Crippen molar-refractivity contribution in [3.8, 4) is 5.75 Å². The highest BCUT2D eigenvalue weighted by Gasteiger charge is 2.18. The van der Waals surface area contributed by atoms with Crippen LogP contribution in [-0.4, -0.2) is 20.8 Å². The third-order valence-electron chi connectivity index (χ3n) is 2.51. The van der Waals surface area contributed by atoms with Crippen molar-refractivity contribution >= 4 is 31.3 Å². The molecule has 0 aliphatic heterocycles. The van der Waals surface area contributed by atoms with E-state index in [1.807, 2.05) is 6.92 Å². The normalized spacial score (nSPS) is 13.3. The number of hydrogen-bond acceptors (Lipinski definition) is 3. The summed E-state index contributed by atoms with van der Waals surface area (Å²) < 4.78 is 40.9. The average Bonchev–Trinajstić information content (AvgIpc) is 2.26. The standard InChI is InChI=1S/C12H15Cl2FO3S/c1-2-4-9(8-19(14,16)17)7-18-12-10(13)5-3-6-11(12)15/h3,5-6,9H,2,4,7-8H2,1H3. The Labute approximate surface area is 122 Å². The van der Waals surface area contributed by atoms with Crippen LogP contribution < -0.4 is 4.74 Å². The summed E-state index contributed by atoms with van der Waals surface area (Å²) in [6, 6.07) is 4.21. The van der Waals surface area contributed by atoms with Crippen LogP contribution >= 0.6 is 22.3 Å². The lowest BCUT2D eigenvalue weighted by molar-refractivity contribution is 0.243. The fourth-order valence-electron chi connectivity index (χ4n) is 1.73. The second kappa shape index (κ2) is 7.31. The van der Waals surface area contributed by atoms with E-state index >= 15 is 0 Å². The molecule has 7 heteroatoms. The molecule has 0 heterocycles. The van der Waals surface area contributed by atoms with Crippen LogP contribution in [0.25, 0.3) is 0 Å². The summed E-state index contributed by atoms with van der Waals surface area (Å²) in [5, 5.41) is 0.156. The summed E-state index contributed by atoms with van der Waals surface area (Å²) in [5.41, 5.74) is 0. The fourth-order valence-corrected chi connectivity index (χ4v) is 3.30. The lowest BCUT2D eigenvalue weighted by atomic mass is 10.1. The van der Waals surface area contributed by atoms with E-state index < -0.39 is 14.9 Å². The van der Waals surface area contributed by atoms with Crippen molar-refractivity contribution in [3.63, 3.8) is 0 Å². The van der Waals surface area contributed by atoms with Gasteiger partial charge in [-0.3, -0.25) is 0 Å². The van der Waals surface area contributed by atoms with Crippen molar-refractivity contribution in [1.29, 1.82) is 0 Å². The van der Waals surface area contributed by atoms with E-state index in [-0.39, 0.29) is 29.0 Å². The first-order valence-electron chi connectivity index (χ1n) is 5.82. The molecule has 0 bridgehead atoms. The predicted molar refractivity (Wildman–Crippen MR) is 74.9 cm³/mol. The van der Waals surface area contributed by atoms with E-state index in [2.05, 4.69) is 0 Å². The van der Waals surface area contributed by atoms with E-state index in [0.717, 1.165) is 6.42 Å². The van der Waals surface area contributed by atoms with Crippen LogP contribution in [0, 0.1) is 11.7 Å². The lowest BCUT2D eigenvalue weighted by Crippen LogP contribution is -2.20. The predicted octanol–water partition coefficient (Wildman–Crippen LogP) is 3.84. The summed E-state index contributed by atoms with van der Waals surface area (Å²) in [6.45, 7) is 1.98. The number of ether oxygens (including phenoxy) is 1. The van der Waals surface area contributed by atoms with Crippen LogP contribution in [-0.2, 0) is 9.05 Å². The van der Waals surface area contributed by atoms with Gasteiger partial charge in [0.05, 0.1) is 17.4 Å². The molecule has 0 saturated heterocycles. The summed E-state index contributed by atoms with van der Waals surface area (Å²) in [4.78, 5) is 0. The van der Waals surface area contributed by atoms with Crippen LogP contribution in [0.3, 0.4) is 0 Å². The molecule has 108 valence electrons. The Morgan fingerprint density at radius 2 is 2.11 bits per heavy atom. The molecule has 1 aromatic rings. The topological polar surface area (TPSA) is 43.4 Å². The van der Waals surface area contributed by atoms with E-state index in [0.29, 0.717) is 6.42 Å². The Bertz CT molecular complexity index is 499. The maximum Gasteiger partial charge on any atom is 0.232 e. The molecule has 0 fully saturated rings. The highest BCUT2D eigenvalue weighted by atomic mass is 35.7. The van der Waals surface area contributed by atoms with Gasteiger partial charge in [-0.05, 0) is 18.6 Å². The van der Waals surface area contributed by atoms with E-state index in [9.17, 15) is 12.8 Å². The molecule has 0 amide bonds. The Morgan fingerprint density at radius 3 is 2.63 bits per heavy atom. The first kappa shape index (κ1) is 16.5. The number of para-hydroxylation sites is 1. The van der Waals surface area contributed by atoms with E-state index in [1.54, 1.807) is 0 Å². The minimum absolute atomic E-state index is 0.0560. The number of hydrogen-bond donors (Lipinski definition) is 0. The second-order valence-corrected chi connectivity index (χ2v) is 7.45. The summed E-state index contributed by atoms with van der Waals surface area (Å²) in [5.74, 6) is -1.12. The smallest absolute Gasteiger partial charge is 0.232 e. The number of benzene rings is 1. The van der Waals surface area contributed by atoms with Gasteiger partial charge in [-0.1, -0.05) is 31.0 Å². The lowest BCUT2D eigenvalue weighted by Gasteiger charge is -2.16. The molecule has 0 radical (unpaired) electrons. The summed E-state index contributed by atoms with van der Waals surface area (Å²) in [7, 11) is 1.62. The maximum atomic E-state index is 13.5. The molecule has 0 N–H and O–H groups in total. The third kappa shape index (κ3) is 5.97. The molecule has 0 aliphatic rings. The highest BCUT2D eigenvalue weighted by Crippen LogP contribution is 2.28. The highest BCUT2D eigenvalue weighted by molar-refractivity contribution is 8.13. The van der Waals surface area contributed by atoms with Gasteiger partial charge in [-0.15, -0.1) is 0 Å². The molecule has 0 aromatic heterocycles. The van der Waals surface area contributed by atoms with Gasteiger partial charge < -0.3 is 4.74 Å². The maximum absolute atomic E-state index is 13.5. The molecular formula is C12H15Cl2FO3S. The number of rotatable bonds is 7. The van der Waals surface area contributed by atoms with Crippen molar-refractivity contribution < 1.29 is 17.5 Å². The molecule has 1 aromatic carbocycles. The fraction of sp³-hybridized carbons (Fsp3) is 0.500. The zero-order valence-electron chi connectivity index (χ0n) is 10.4. The monoisotopic (exact) mass is 328 g/mol. The molecule has 19 heavy (non-hydrogen) atoms. The number of halogens is 3. The van der Waals surface area contributed by atoms with Crippen LogP contribution in [0.15, 0.2) is 18.2 Å². The van der Waals surface area contributed by atoms with Crippen LogP contribution in [0.4, 0.5) is 4.39 Å². The Kier molecular flexibility index (Phi) is 6.36. The van der Waals surface area contributed by atoms with E-state index in [1.165, 1.54) is 18.2 Å². The minimum Gasteiger partial charge on any atom is -0.489 e. The van der Waals surface area contributed by atoms with Crippen LogP contribution in [0.1, 0.15) is 19.8 Å². The van der Waals surface area contributed by atoms with Crippen molar-refractivity contribution in [2.75, 3.05) is 12.4 Å². The Hall–Kier alpha value is -0.520. The molecule has 0 aliphatic carbocycles. The molecule has 3 nitrogen and oxygen atoms in total. The Balaban J connectivity index is 2.71. The van der Waals surface area contributed by atoms with Crippen LogP contribution in [0.5, 0.6) is 5.75 Å². The van der Waals surface area contributed by atoms with Gasteiger partial charge in [0, 0.05) is 16.6 Å². The van der Waals surface area contributed by atoms with Crippen molar-refractivity contribution in [3.05, 3.63) is 29.0 Å². The second-order valence-electron chi connectivity index (χ2n) is 4.22. The zero-order valence-corrected chi connectivity index (χ0v) is 12.7. The van der Waals surface area contributed by atoms with E-state index in [4.69, 9.17) is 27.0 Å². The molecular weight excluding hydrogens is 314 g/mol. The molecule has 1 rings (SSSR count). The third-order valence-corrected chi connectivity index (χ3v) is 4.06. The van der Waals surface area contributed by atoms with Gasteiger partial charge >= 0.3 is 0 Å². The van der Waals surface area contributed by atoms with Crippen LogP contribution in [0.2, 0.25) is 5.02 Å². The van der Waals surface area contributed by atoms with Crippen molar-refractivity contribution in [2.24, 2.45) is 5.92 Å². The van der Waals surface area contributed by atoms with Crippen molar-refractivity contribution in [2.45, 2.75) is 19.8 Å². The molecule has 0 saturated carbocycles. The summed E-state index contributed by atoms with van der Waals surface area (Å²) in [6.07, 6.45) is 1.41. The quantitative estimate of drug-likeness (QED) is 0.714. The average molecular weight is 329 g/mol. The van der Waals surface area contributed by atoms with Gasteiger partial charge in [0.15, 0.2) is 11.6 Å². The first-order valence-corrected chi connectivity index (χ1v) is 8.68. The van der Waals surface area contributed by atoms with Gasteiger partial charge in [-0.25, -0.2) is 12.8 Å². The van der Waals surface area contributed by atoms with Gasteiger partial charge in [-0.2, -0.15) is 0 Å². The van der Waals surface area contributed by atoms with Gasteiger partial charge in [0.2, 0.25) is 9.05 Å². The van der Waals surface area contributed by atoms with Crippen molar-refractivity contribution in [1.82, 2.24) is 0 Å². The summed E-state index contributed by atoms with van der Waals surface area (Å²) >= 11 is 5.81. The zero-order chi connectivity index (χ0) is 14.5. The molecule has 0 spiro atoms. The molecule has 1 unspecified atom stereocenters. The SMILES string of the molecule is CCCC(COc1c(F)cccc1Cl)CS(=O)(=O)Cl.